The van der Waals surface area contributed by atoms with E-state index in [1.807, 2.05) is 6.92 Å². The van der Waals surface area contributed by atoms with Crippen LogP contribution in [0.4, 0.5) is 0 Å². The van der Waals surface area contributed by atoms with Crippen molar-refractivity contribution in [1.82, 2.24) is 0 Å². The molecule has 3 heteroatoms. The highest BCUT2D eigenvalue weighted by atomic mass is 16.5. The molecule has 0 fully saturated rings. The number of aliphatic hydroxyl groups excluding tert-OH is 1. The number of rotatable bonds is 0. The molecule has 0 bridgehead atoms. The van der Waals surface area contributed by atoms with Crippen molar-refractivity contribution in [1.29, 1.82) is 0 Å². The lowest BCUT2D eigenvalue weighted by Crippen LogP contribution is -2.21. The third-order valence-corrected chi connectivity index (χ3v) is 3.01. The molecular weight excluding hydrogens is 216 g/mol. The van der Waals surface area contributed by atoms with Gasteiger partial charge in [-0.3, -0.25) is 4.79 Å². The summed E-state index contributed by atoms with van der Waals surface area (Å²) < 4.78 is 5.24. The molecule has 1 rings (SSSR count). The topological polar surface area (TPSA) is 46.5 Å². The van der Waals surface area contributed by atoms with Crippen LogP contribution >= 0.6 is 0 Å². The maximum atomic E-state index is 11.4. The van der Waals surface area contributed by atoms with Crippen molar-refractivity contribution < 1.29 is 14.6 Å². The van der Waals surface area contributed by atoms with Crippen LogP contribution in [0.2, 0.25) is 0 Å². The van der Waals surface area contributed by atoms with E-state index in [0.717, 1.165) is 38.5 Å². The minimum absolute atomic E-state index is 0.143. The van der Waals surface area contributed by atoms with Crippen LogP contribution in [-0.4, -0.2) is 23.3 Å². The van der Waals surface area contributed by atoms with Crippen LogP contribution < -0.4 is 0 Å². The Kier molecular flexibility index (Phi) is 6.94. The Labute approximate surface area is 104 Å². The van der Waals surface area contributed by atoms with E-state index < -0.39 is 0 Å². The van der Waals surface area contributed by atoms with Gasteiger partial charge in [-0.05, 0) is 39.0 Å². The fourth-order valence-corrected chi connectivity index (χ4v) is 2.07. The summed E-state index contributed by atoms with van der Waals surface area (Å²) in [5, 5.41) is 9.77. The summed E-state index contributed by atoms with van der Waals surface area (Å²) in [4.78, 5) is 11.4. The van der Waals surface area contributed by atoms with E-state index in [-0.39, 0.29) is 18.2 Å². The van der Waals surface area contributed by atoms with Crippen molar-refractivity contribution in [2.45, 2.75) is 70.5 Å². The number of ether oxygens (including phenoxy) is 1. The van der Waals surface area contributed by atoms with Gasteiger partial charge in [0, 0.05) is 12.8 Å². The number of carbonyl (C=O) groups is 1. The predicted octanol–water partition coefficient (Wildman–Crippen LogP) is 2.97. The van der Waals surface area contributed by atoms with Gasteiger partial charge in [-0.15, -0.1) is 0 Å². The van der Waals surface area contributed by atoms with E-state index >= 15 is 0 Å². The third kappa shape index (κ3) is 7.16. The molecule has 98 valence electrons. The molecule has 2 atom stereocenters. The molecule has 1 heterocycles. The molecule has 0 aliphatic carbocycles. The fourth-order valence-electron chi connectivity index (χ4n) is 2.07. The summed E-state index contributed by atoms with van der Waals surface area (Å²) in [5.41, 5.74) is 0. The van der Waals surface area contributed by atoms with E-state index in [4.69, 9.17) is 4.74 Å². The molecule has 1 N–H and O–H groups in total. The Morgan fingerprint density at radius 2 is 1.94 bits per heavy atom. The van der Waals surface area contributed by atoms with Crippen LogP contribution in [0, 0.1) is 0 Å². The molecule has 3 nitrogen and oxygen atoms in total. The van der Waals surface area contributed by atoms with Crippen LogP contribution in [0.3, 0.4) is 0 Å². The van der Waals surface area contributed by atoms with E-state index in [1.54, 1.807) is 0 Å². The molecule has 17 heavy (non-hydrogen) atoms. The summed E-state index contributed by atoms with van der Waals surface area (Å²) in [6.07, 6.45) is 10.7. The van der Waals surface area contributed by atoms with E-state index in [9.17, 15) is 9.90 Å². The molecule has 0 radical (unpaired) electrons. The lowest BCUT2D eigenvalue weighted by molar-refractivity contribution is -0.149. The highest BCUT2D eigenvalue weighted by molar-refractivity contribution is 5.69. The molecular formula is C14H24O3. The summed E-state index contributed by atoms with van der Waals surface area (Å²) in [5.74, 6) is -0.143. The molecule has 0 unspecified atom stereocenters. The normalized spacial score (nSPS) is 29.4. The maximum absolute atomic E-state index is 11.4. The average molecular weight is 240 g/mol. The van der Waals surface area contributed by atoms with Gasteiger partial charge in [-0.2, -0.15) is 0 Å². The minimum Gasteiger partial charge on any atom is -0.463 e. The number of aliphatic hydroxyl groups is 1. The van der Waals surface area contributed by atoms with Crippen LogP contribution in [0.25, 0.3) is 0 Å². The standard InChI is InChI=1S/C14H24O3/c1-12-11-13(15)9-7-5-3-2-4-6-8-10-14(16)17-12/h2,4,12-13,15H,3,5-11H2,1H3/t12-,13+/m1/s1. The Morgan fingerprint density at radius 3 is 2.71 bits per heavy atom. The van der Waals surface area contributed by atoms with Crippen LogP contribution in [0.15, 0.2) is 12.2 Å². The summed E-state index contributed by atoms with van der Waals surface area (Å²) >= 11 is 0. The van der Waals surface area contributed by atoms with Gasteiger partial charge in [0.25, 0.3) is 0 Å². The Balaban J connectivity index is 2.41. The van der Waals surface area contributed by atoms with Gasteiger partial charge in [0.05, 0.1) is 6.10 Å². The average Bonchev–Trinajstić information content (AvgIpc) is 2.25. The van der Waals surface area contributed by atoms with E-state index in [2.05, 4.69) is 12.2 Å². The van der Waals surface area contributed by atoms with Gasteiger partial charge in [-0.1, -0.05) is 18.6 Å². The Morgan fingerprint density at radius 1 is 1.24 bits per heavy atom. The number of hydrogen-bond acceptors (Lipinski definition) is 3. The van der Waals surface area contributed by atoms with Crippen molar-refractivity contribution in [2.24, 2.45) is 0 Å². The van der Waals surface area contributed by atoms with Gasteiger partial charge in [0.1, 0.15) is 6.10 Å². The molecule has 1 aliphatic rings. The highest BCUT2D eigenvalue weighted by Crippen LogP contribution is 2.13. The molecule has 0 aromatic carbocycles. The van der Waals surface area contributed by atoms with Gasteiger partial charge in [0.2, 0.25) is 0 Å². The summed E-state index contributed by atoms with van der Waals surface area (Å²) in [7, 11) is 0. The fraction of sp³-hybridized carbons (Fsp3) is 0.786. The largest absolute Gasteiger partial charge is 0.463 e. The lowest BCUT2D eigenvalue weighted by atomic mass is 10.0. The second-order valence-electron chi connectivity index (χ2n) is 4.84. The number of carbonyl (C=O) groups excluding carboxylic acids is 1. The maximum Gasteiger partial charge on any atom is 0.306 e. The second kappa shape index (κ2) is 8.29. The molecule has 0 amide bonds. The Bertz CT molecular complexity index is 248. The first-order valence-electron chi connectivity index (χ1n) is 6.71. The van der Waals surface area contributed by atoms with Crippen molar-refractivity contribution in [2.75, 3.05) is 0 Å². The smallest absolute Gasteiger partial charge is 0.306 e. The SMILES string of the molecule is C[C@@H]1C[C@@H](O)CCCCC=CCCCC(=O)O1. The Hall–Kier alpha value is -0.830. The first-order valence-corrected chi connectivity index (χ1v) is 6.71. The molecule has 0 aromatic heterocycles. The van der Waals surface area contributed by atoms with E-state index in [0.29, 0.717) is 12.8 Å². The third-order valence-electron chi connectivity index (χ3n) is 3.01. The van der Waals surface area contributed by atoms with Crippen LogP contribution in [0.5, 0.6) is 0 Å². The van der Waals surface area contributed by atoms with Gasteiger partial charge >= 0.3 is 5.97 Å². The number of cyclic esters (lactones) is 1. The number of allylic oxidation sites excluding steroid dienone is 2. The molecule has 0 saturated carbocycles. The van der Waals surface area contributed by atoms with Crippen LogP contribution in [-0.2, 0) is 9.53 Å². The zero-order chi connectivity index (χ0) is 12.5. The summed E-state index contributed by atoms with van der Waals surface area (Å²) in [6, 6.07) is 0. The number of hydrogen-bond donors (Lipinski definition) is 1. The first-order chi connectivity index (χ1) is 8.18. The molecule has 0 spiro atoms. The van der Waals surface area contributed by atoms with E-state index in [1.165, 1.54) is 0 Å². The van der Waals surface area contributed by atoms with Crippen molar-refractivity contribution >= 4 is 5.97 Å². The lowest BCUT2D eigenvalue weighted by Gasteiger charge is -2.17. The zero-order valence-electron chi connectivity index (χ0n) is 10.7. The van der Waals surface area contributed by atoms with Crippen molar-refractivity contribution in [3.63, 3.8) is 0 Å². The number of esters is 1. The highest BCUT2D eigenvalue weighted by Gasteiger charge is 2.14. The molecule has 0 saturated heterocycles. The zero-order valence-corrected chi connectivity index (χ0v) is 10.7. The van der Waals surface area contributed by atoms with Gasteiger partial charge in [-0.25, -0.2) is 0 Å². The predicted molar refractivity (Wildman–Crippen MR) is 67.6 cm³/mol. The quantitative estimate of drug-likeness (QED) is 0.523. The molecule has 0 aromatic rings. The summed E-state index contributed by atoms with van der Waals surface area (Å²) in [6.45, 7) is 1.85. The van der Waals surface area contributed by atoms with Gasteiger partial charge < -0.3 is 9.84 Å². The van der Waals surface area contributed by atoms with Crippen LogP contribution in [0.1, 0.15) is 58.3 Å². The first kappa shape index (κ1) is 14.2. The minimum atomic E-state index is -0.343. The van der Waals surface area contributed by atoms with Gasteiger partial charge in [0.15, 0.2) is 0 Å². The monoisotopic (exact) mass is 240 g/mol. The molecule has 1 aliphatic heterocycles. The van der Waals surface area contributed by atoms with Crippen molar-refractivity contribution in [3.05, 3.63) is 12.2 Å². The van der Waals surface area contributed by atoms with Crippen molar-refractivity contribution in [3.8, 4) is 0 Å². The second-order valence-corrected chi connectivity index (χ2v) is 4.84.